The van der Waals surface area contributed by atoms with Gasteiger partial charge in [0.05, 0.1) is 0 Å². The maximum absolute atomic E-state index is 4.05. The van der Waals surface area contributed by atoms with Crippen LogP contribution in [0.5, 0.6) is 0 Å². The van der Waals surface area contributed by atoms with E-state index in [1.54, 1.807) is 6.33 Å². The Hall–Kier alpha value is -1.36. The highest BCUT2D eigenvalue weighted by molar-refractivity contribution is 7.09. The molecule has 2 aromatic heterocycles. The SMILES string of the molecule is Cc1ccc(C)n1Nc1ncns1. The topological polar surface area (TPSA) is 42.7 Å². The number of hydrogen-bond donors (Lipinski definition) is 1. The molecule has 0 fully saturated rings. The molecule has 0 aliphatic heterocycles. The molecule has 0 bridgehead atoms. The van der Waals surface area contributed by atoms with Gasteiger partial charge >= 0.3 is 0 Å². The lowest BCUT2D eigenvalue weighted by atomic mass is 10.5. The van der Waals surface area contributed by atoms with Crippen LogP contribution in [0.4, 0.5) is 5.13 Å². The van der Waals surface area contributed by atoms with E-state index in [0.717, 1.165) is 16.5 Å². The van der Waals surface area contributed by atoms with Crippen LogP contribution in [0.15, 0.2) is 18.5 Å². The van der Waals surface area contributed by atoms with Crippen LogP contribution in [0, 0.1) is 13.8 Å². The number of nitrogens with zero attached hydrogens (tertiary/aromatic N) is 3. The Morgan fingerprint density at radius 3 is 2.54 bits per heavy atom. The molecular weight excluding hydrogens is 184 g/mol. The lowest BCUT2D eigenvalue weighted by molar-refractivity contribution is 0.878. The third kappa shape index (κ3) is 1.55. The third-order valence-corrected chi connectivity index (χ3v) is 2.41. The van der Waals surface area contributed by atoms with Gasteiger partial charge in [-0.25, -0.2) is 4.98 Å². The highest BCUT2D eigenvalue weighted by Crippen LogP contribution is 2.11. The molecule has 0 radical (unpaired) electrons. The van der Waals surface area contributed by atoms with Crippen LogP contribution in [0.2, 0.25) is 0 Å². The Labute approximate surface area is 80.4 Å². The summed E-state index contributed by atoms with van der Waals surface area (Å²) in [6.07, 6.45) is 1.54. The van der Waals surface area contributed by atoms with Gasteiger partial charge in [0.1, 0.15) is 6.33 Å². The van der Waals surface area contributed by atoms with Crippen LogP contribution in [-0.4, -0.2) is 14.0 Å². The molecule has 0 atom stereocenters. The Kier molecular flexibility index (Phi) is 2.02. The van der Waals surface area contributed by atoms with Crippen molar-refractivity contribution in [2.24, 2.45) is 0 Å². The molecule has 0 saturated heterocycles. The molecule has 1 N–H and O–H groups in total. The predicted octanol–water partition coefficient (Wildman–Crippen LogP) is 1.83. The van der Waals surface area contributed by atoms with Crippen LogP contribution in [0.3, 0.4) is 0 Å². The van der Waals surface area contributed by atoms with Gasteiger partial charge in [0.15, 0.2) is 0 Å². The number of anilines is 1. The summed E-state index contributed by atoms with van der Waals surface area (Å²) in [6.45, 7) is 4.09. The van der Waals surface area contributed by atoms with E-state index in [1.165, 1.54) is 11.5 Å². The number of aromatic nitrogens is 3. The quantitative estimate of drug-likeness (QED) is 0.793. The third-order valence-electron chi connectivity index (χ3n) is 1.84. The van der Waals surface area contributed by atoms with Gasteiger partial charge < -0.3 is 0 Å². The first-order valence-electron chi connectivity index (χ1n) is 3.96. The van der Waals surface area contributed by atoms with E-state index in [2.05, 4.69) is 26.9 Å². The van der Waals surface area contributed by atoms with Crippen LogP contribution in [0.1, 0.15) is 11.4 Å². The summed E-state index contributed by atoms with van der Waals surface area (Å²) in [6, 6.07) is 4.12. The second-order valence-electron chi connectivity index (χ2n) is 2.81. The van der Waals surface area contributed by atoms with Gasteiger partial charge in [-0.1, -0.05) is 0 Å². The molecule has 4 nitrogen and oxygen atoms in total. The first kappa shape index (κ1) is 8.25. The maximum Gasteiger partial charge on any atom is 0.221 e. The molecule has 2 heterocycles. The number of aryl methyl sites for hydroxylation is 2. The second kappa shape index (κ2) is 3.18. The van der Waals surface area contributed by atoms with Crippen LogP contribution >= 0.6 is 11.5 Å². The molecule has 0 aliphatic rings. The normalized spacial score (nSPS) is 10.3. The van der Waals surface area contributed by atoms with Gasteiger partial charge in [-0.3, -0.25) is 10.1 Å². The van der Waals surface area contributed by atoms with Crippen molar-refractivity contribution < 1.29 is 0 Å². The van der Waals surface area contributed by atoms with Gasteiger partial charge in [-0.15, -0.1) is 0 Å². The van der Waals surface area contributed by atoms with Gasteiger partial charge in [-0.2, -0.15) is 4.37 Å². The van der Waals surface area contributed by atoms with E-state index in [9.17, 15) is 0 Å². The van der Waals surface area contributed by atoms with Gasteiger partial charge in [-0.05, 0) is 26.0 Å². The highest BCUT2D eigenvalue weighted by atomic mass is 32.1. The molecule has 13 heavy (non-hydrogen) atoms. The van der Waals surface area contributed by atoms with E-state index in [4.69, 9.17) is 0 Å². The molecule has 0 unspecified atom stereocenters. The van der Waals surface area contributed by atoms with Crippen molar-refractivity contribution in [2.45, 2.75) is 13.8 Å². The van der Waals surface area contributed by atoms with Gasteiger partial charge in [0.25, 0.3) is 0 Å². The smallest absolute Gasteiger partial charge is 0.221 e. The Morgan fingerprint density at radius 2 is 2.00 bits per heavy atom. The molecule has 0 amide bonds. The lowest BCUT2D eigenvalue weighted by Crippen LogP contribution is -2.11. The minimum absolute atomic E-state index is 0.808. The van der Waals surface area contributed by atoms with Crippen molar-refractivity contribution in [3.63, 3.8) is 0 Å². The Bertz CT molecular complexity index is 371. The fourth-order valence-electron chi connectivity index (χ4n) is 1.16. The predicted molar refractivity (Wildman–Crippen MR) is 52.8 cm³/mol. The van der Waals surface area contributed by atoms with Gasteiger partial charge in [0.2, 0.25) is 5.13 Å². The fraction of sp³-hybridized carbons (Fsp3) is 0.250. The van der Waals surface area contributed by atoms with Gasteiger partial charge in [0, 0.05) is 22.9 Å². The fourth-order valence-corrected chi connectivity index (χ4v) is 1.58. The maximum atomic E-state index is 4.05. The van der Waals surface area contributed by atoms with Crippen LogP contribution in [0.25, 0.3) is 0 Å². The molecule has 2 rings (SSSR count). The van der Waals surface area contributed by atoms with Crippen molar-refractivity contribution in [1.29, 1.82) is 0 Å². The van der Waals surface area contributed by atoms with Crippen molar-refractivity contribution >= 4 is 16.7 Å². The minimum Gasteiger partial charge on any atom is -0.268 e. The number of hydrogen-bond acceptors (Lipinski definition) is 4. The molecular formula is C8H10N4S. The first-order valence-corrected chi connectivity index (χ1v) is 4.73. The molecule has 0 aliphatic carbocycles. The summed E-state index contributed by atoms with van der Waals surface area (Å²) in [5.74, 6) is 0. The summed E-state index contributed by atoms with van der Waals surface area (Å²) in [4.78, 5) is 4.05. The zero-order valence-corrected chi connectivity index (χ0v) is 8.30. The van der Waals surface area contributed by atoms with E-state index in [-0.39, 0.29) is 0 Å². The molecule has 0 aromatic carbocycles. The van der Waals surface area contributed by atoms with Crippen LogP contribution in [-0.2, 0) is 0 Å². The van der Waals surface area contributed by atoms with E-state index in [1.807, 2.05) is 18.5 Å². The molecule has 5 heteroatoms. The Morgan fingerprint density at radius 1 is 1.31 bits per heavy atom. The lowest BCUT2D eigenvalue weighted by Gasteiger charge is -2.08. The standard InChI is InChI=1S/C8H10N4S/c1-6-3-4-7(2)12(6)11-8-9-5-10-13-8/h3-5H,1-2H3,(H,9,10,11). The van der Waals surface area contributed by atoms with Crippen molar-refractivity contribution in [3.8, 4) is 0 Å². The first-order chi connectivity index (χ1) is 6.27. The molecule has 0 spiro atoms. The zero-order valence-electron chi connectivity index (χ0n) is 7.48. The number of rotatable bonds is 2. The van der Waals surface area contributed by atoms with E-state index in [0.29, 0.717) is 0 Å². The zero-order chi connectivity index (χ0) is 9.26. The molecule has 68 valence electrons. The number of nitrogens with one attached hydrogen (secondary N) is 1. The van der Waals surface area contributed by atoms with E-state index < -0.39 is 0 Å². The molecule has 0 saturated carbocycles. The summed E-state index contributed by atoms with van der Waals surface area (Å²) in [5.41, 5.74) is 5.48. The monoisotopic (exact) mass is 194 g/mol. The van der Waals surface area contributed by atoms with Crippen molar-refractivity contribution in [1.82, 2.24) is 14.0 Å². The summed E-state index contributed by atoms with van der Waals surface area (Å²) >= 11 is 1.35. The second-order valence-corrected chi connectivity index (χ2v) is 3.59. The van der Waals surface area contributed by atoms with Crippen molar-refractivity contribution in [2.75, 3.05) is 5.43 Å². The average Bonchev–Trinajstić information content (AvgIpc) is 2.70. The minimum atomic E-state index is 0.808. The highest BCUT2D eigenvalue weighted by Gasteiger charge is 2.01. The largest absolute Gasteiger partial charge is 0.268 e. The molecule has 2 aromatic rings. The summed E-state index contributed by atoms with van der Waals surface area (Å²) in [7, 11) is 0. The van der Waals surface area contributed by atoms with E-state index >= 15 is 0 Å². The van der Waals surface area contributed by atoms with Crippen LogP contribution < -0.4 is 5.43 Å². The van der Waals surface area contributed by atoms with Crippen molar-refractivity contribution in [3.05, 3.63) is 29.8 Å². The Balaban J connectivity index is 2.27. The summed E-state index contributed by atoms with van der Waals surface area (Å²) in [5, 5.41) is 0.808. The summed E-state index contributed by atoms with van der Waals surface area (Å²) < 4.78 is 5.90. The average molecular weight is 194 g/mol.